The van der Waals surface area contributed by atoms with Crippen molar-refractivity contribution in [2.45, 2.75) is 33.2 Å². The highest BCUT2D eigenvalue weighted by Gasteiger charge is 2.18. The largest absolute Gasteiger partial charge is 0.346 e. The highest BCUT2D eigenvalue weighted by atomic mass is 35.5. The van der Waals surface area contributed by atoms with E-state index in [0.717, 1.165) is 16.1 Å². The molecule has 1 aromatic carbocycles. The van der Waals surface area contributed by atoms with Crippen molar-refractivity contribution in [1.82, 2.24) is 10.3 Å². The van der Waals surface area contributed by atoms with Crippen molar-refractivity contribution in [3.63, 3.8) is 0 Å². The van der Waals surface area contributed by atoms with E-state index in [2.05, 4.69) is 15.6 Å². The normalized spacial score (nSPS) is 11.6. The van der Waals surface area contributed by atoms with Crippen molar-refractivity contribution >= 4 is 40.7 Å². The minimum Gasteiger partial charge on any atom is -0.346 e. The number of nitrogens with one attached hydrogen (secondary N) is 2. The highest BCUT2D eigenvalue weighted by Crippen LogP contribution is 2.25. The number of nitrogens with two attached hydrogens (primary N) is 1. The summed E-state index contributed by atoms with van der Waals surface area (Å²) in [6.45, 7) is 5.37. The van der Waals surface area contributed by atoms with E-state index in [4.69, 9.17) is 5.73 Å². The summed E-state index contributed by atoms with van der Waals surface area (Å²) in [6.07, 6.45) is 0.611. The lowest BCUT2D eigenvalue weighted by Gasteiger charge is -2.14. The molecule has 27 heavy (non-hydrogen) atoms. The molecular weight excluding hydrogens is 391 g/mol. The number of rotatable bonds is 7. The maximum atomic E-state index is 13.0. The number of benzene rings is 1. The number of carbonyl (C=O) groups excluding carboxylic acids is 2. The van der Waals surface area contributed by atoms with Gasteiger partial charge in [0.05, 0.1) is 18.3 Å². The summed E-state index contributed by atoms with van der Waals surface area (Å²) in [6, 6.07) is 5.63. The maximum absolute atomic E-state index is 13.0. The predicted octanol–water partition coefficient (Wildman–Crippen LogP) is 2.64. The van der Waals surface area contributed by atoms with Crippen LogP contribution in [-0.4, -0.2) is 29.4 Å². The molecule has 0 fully saturated rings. The van der Waals surface area contributed by atoms with Gasteiger partial charge in [0.25, 0.3) is 0 Å². The van der Waals surface area contributed by atoms with Crippen LogP contribution in [0.2, 0.25) is 0 Å². The zero-order valence-electron chi connectivity index (χ0n) is 15.4. The van der Waals surface area contributed by atoms with Gasteiger partial charge < -0.3 is 16.4 Å². The van der Waals surface area contributed by atoms with E-state index in [1.54, 1.807) is 12.1 Å². The van der Waals surface area contributed by atoms with Crippen LogP contribution in [-0.2, 0) is 16.0 Å². The molecule has 0 radical (unpaired) electrons. The number of thiazole rings is 1. The Balaban J connectivity index is 0.00000364. The smallest absolute Gasteiger partial charge is 0.245 e. The van der Waals surface area contributed by atoms with E-state index < -0.39 is 6.04 Å². The summed E-state index contributed by atoms with van der Waals surface area (Å²) in [5.74, 6) is -1.01. The van der Waals surface area contributed by atoms with Crippen LogP contribution in [0.1, 0.15) is 30.0 Å². The molecule has 1 aromatic heterocycles. The Hall–Kier alpha value is -2.03. The number of anilines is 1. The second-order valence-corrected chi connectivity index (χ2v) is 7.45. The second-order valence-electron chi connectivity index (χ2n) is 6.37. The minimum atomic E-state index is -0.646. The molecule has 0 unspecified atom stereocenters. The summed E-state index contributed by atoms with van der Waals surface area (Å²) in [5.41, 5.74) is 7.50. The van der Waals surface area contributed by atoms with Crippen LogP contribution in [0.4, 0.5) is 9.52 Å². The molecular formula is C18H24ClFN4O2S. The Morgan fingerprint density at radius 3 is 2.48 bits per heavy atom. The molecule has 2 amide bonds. The highest BCUT2D eigenvalue weighted by molar-refractivity contribution is 7.15. The van der Waals surface area contributed by atoms with Crippen molar-refractivity contribution in [2.24, 2.45) is 11.7 Å². The van der Waals surface area contributed by atoms with E-state index in [9.17, 15) is 14.0 Å². The zero-order chi connectivity index (χ0) is 19.3. The molecule has 1 atom stereocenters. The summed E-state index contributed by atoms with van der Waals surface area (Å²) in [5, 5.41) is 5.66. The molecule has 1 heterocycles. The van der Waals surface area contributed by atoms with E-state index in [1.807, 2.05) is 20.8 Å². The third-order valence-electron chi connectivity index (χ3n) is 3.86. The second kappa shape index (κ2) is 10.3. The molecule has 0 aliphatic rings. The molecule has 148 valence electrons. The van der Waals surface area contributed by atoms with Crippen LogP contribution in [0.15, 0.2) is 24.3 Å². The first-order valence-corrected chi connectivity index (χ1v) is 9.11. The first-order chi connectivity index (χ1) is 12.3. The van der Waals surface area contributed by atoms with E-state index in [0.29, 0.717) is 11.6 Å². The molecule has 0 spiro atoms. The number of nitrogens with zero attached hydrogens (tertiary/aromatic N) is 1. The van der Waals surface area contributed by atoms with Gasteiger partial charge in [-0.3, -0.25) is 9.59 Å². The average Bonchev–Trinajstić information content (AvgIpc) is 2.93. The lowest BCUT2D eigenvalue weighted by Crippen LogP contribution is -2.46. The molecule has 4 N–H and O–H groups in total. The minimum absolute atomic E-state index is 0. The fraction of sp³-hybridized carbons (Fsp3) is 0.389. The Bertz CT molecular complexity index is 780. The van der Waals surface area contributed by atoms with Crippen LogP contribution in [0.25, 0.3) is 0 Å². The van der Waals surface area contributed by atoms with Gasteiger partial charge in [0.15, 0.2) is 5.13 Å². The van der Waals surface area contributed by atoms with Crippen LogP contribution < -0.4 is 16.4 Å². The number of hydrogen-bond donors (Lipinski definition) is 3. The predicted molar refractivity (Wildman–Crippen MR) is 108 cm³/mol. The molecule has 9 heteroatoms. The number of carbonyl (C=O) groups is 2. The lowest BCUT2D eigenvalue weighted by atomic mass is 10.1. The standard InChI is InChI=1S/C18H23FN4O2S.ClH/c1-10(2)16(20)17(25)21-9-15(24)23-18-22-11(3)14(26-18)8-12-4-6-13(19)7-5-12;/h4-7,10,16H,8-9,20H2,1-3H3,(H,21,25)(H,22,23,24);1H/t16-;/m0./s1. The van der Waals surface area contributed by atoms with Crippen LogP contribution in [0.5, 0.6) is 0 Å². The number of halogens is 2. The van der Waals surface area contributed by atoms with Crippen molar-refractivity contribution in [3.05, 3.63) is 46.2 Å². The van der Waals surface area contributed by atoms with E-state index >= 15 is 0 Å². The van der Waals surface area contributed by atoms with Gasteiger partial charge in [-0.2, -0.15) is 0 Å². The molecule has 2 rings (SSSR count). The van der Waals surface area contributed by atoms with E-state index in [1.165, 1.54) is 23.5 Å². The molecule has 2 aromatic rings. The maximum Gasteiger partial charge on any atom is 0.245 e. The van der Waals surface area contributed by atoms with E-state index in [-0.39, 0.29) is 42.5 Å². The summed E-state index contributed by atoms with van der Waals surface area (Å²) < 4.78 is 13.0. The third-order valence-corrected chi connectivity index (χ3v) is 4.93. The van der Waals surface area contributed by atoms with Crippen molar-refractivity contribution < 1.29 is 14.0 Å². The Morgan fingerprint density at radius 2 is 1.89 bits per heavy atom. The molecule has 6 nitrogen and oxygen atoms in total. The number of hydrogen-bond acceptors (Lipinski definition) is 5. The Kier molecular flexibility index (Phi) is 8.81. The quantitative estimate of drug-likeness (QED) is 0.648. The fourth-order valence-corrected chi connectivity index (χ4v) is 3.20. The van der Waals surface area contributed by atoms with Gasteiger partial charge in [-0.25, -0.2) is 9.37 Å². The molecule has 0 aliphatic carbocycles. The van der Waals surface area contributed by atoms with Crippen LogP contribution >= 0.6 is 23.7 Å². The number of aromatic nitrogens is 1. The van der Waals surface area contributed by atoms with Gasteiger partial charge in [-0.1, -0.05) is 26.0 Å². The van der Waals surface area contributed by atoms with Gasteiger partial charge >= 0.3 is 0 Å². The average molecular weight is 415 g/mol. The number of amides is 2. The molecule has 0 saturated carbocycles. The van der Waals surface area contributed by atoms with Crippen LogP contribution in [0.3, 0.4) is 0 Å². The summed E-state index contributed by atoms with van der Waals surface area (Å²) in [4.78, 5) is 29.1. The van der Waals surface area contributed by atoms with Gasteiger partial charge in [-0.05, 0) is 30.5 Å². The summed E-state index contributed by atoms with van der Waals surface area (Å²) in [7, 11) is 0. The van der Waals surface area contributed by atoms with Gasteiger partial charge in [0, 0.05) is 11.3 Å². The van der Waals surface area contributed by atoms with Gasteiger partial charge in [0.1, 0.15) is 5.82 Å². The monoisotopic (exact) mass is 414 g/mol. The molecule has 0 bridgehead atoms. The number of aryl methyl sites for hydroxylation is 1. The Labute approximate surface area is 168 Å². The topological polar surface area (TPSA) is 97.1 Å². The van der Waals surface area contributed by atoms with Crippen molar-refractivity contribution in [2.75, 3.05) is 11.9 Å². The SMILES string of the molecule is Cc1nc(NC(=O)CNC(=O)[C@@H](N)C(C)C)sc1Cc1ccc(F)cc1.Cl. The first kappa shape index (κ1) is 23.0. The first-order valence-electron chi connectivity index (χ1n) is 8.30. The van der Waals surface area contributed by atoms with Gasteiger partial charge in [-0.15, -0.1) is 23.7 Å². The summed E-state index contributed by atoms with van der Waals surface area (Å²) >= 11 is 1.36. The molecule has 0 saturated heterocycles. The van der Waals surface area contributed by atoms with Crippen molar-refractivity contribution in [1.29, 1.82) is 0 Å². The Morgan fingerprint density at radius 1 is 1.26 bits per heavy atom. The van der Waals surface area contributed by atoms with Gasteiger partial charge in [0.2, 0.25) is 11.8 Å². The van der Waals surface area contributed by atoms with Crippen LogP contribution in [0, 0.1) is 18.7 Å². The lowest BCUT2D eigenvalue weighted by molar-refractivity contribution is -0.125. The molecule has 0 aliphatic heterocycles. The third kappa shape index (κ3) is 6.89. The zero-order valence-corrected chi connectivity index (χ0v) is 17.0. The van der Waals surface area contributed by atoms with Crippen molar-refractivity contribution in [3.8, 4) is 0 Å². The fourth-order valence-electron chi connectivity index (χ4n) is 2.18.